The van der Waals surface area contributed by atoms with Gasteiger partial charge in [-0.2, -0.15) is 0 Å². The number of hydrogen-bond donors (Lipinski definition) is 3. The van der Waals surface area contributed by atoms with Crippen molar-refractivity contribution in [3.63, 3.8) is 0 Å². The first-order valence-corrected chi connectivity index (χ1v) is 44.4. The van der Waals surface area contributed by atoms with E-state index in [1.807, 2.05) is 0 Å². The Bertz CT molecular complexity index is 2000. The fourth-order valence-electron chi connectivity index (χ4n) is 12.0. The van der Waals surface area contributed by atoms with Gasteiger partial charge in [0.15, 0.2) is 12.2 Å². The third-order valence-corrected chi connectivity index (χ3v) is 20.3. The molecule has 0 saturated heterocycles. The lowest BCUT2D eigenvalue weighted by Crippen LogP contribution is -2.30. The Hall–Kier alpha value is -2.46. The summed E-state index contributed by atoms with van der Waals surface area (Å²) in [5.41, 5.74) is 0. The second-order valence-electron chi connectivity index (χ2n) is 29.0. The van der Waals surface area contributed by atoms with Crippen molar-refractivity contribution >= 4 is 39.5 Å². The van der Waals surface area contributed by atoms with Crippen molar-refractivity contribution in [1.82, 2.24) is 0 Å². The predicted octanol–water partition coefficient (Wildman–Crippen LogP) is 24.0. The van der Waals surface area contributed by atoms with Crippen molar-refractivity contribution in [2.45, 2.75) is 425 Å². The molecule has 0 fully saturated rings. The van der Waals surface area contributed by atoms with Crippen LogP contribution < -0.4 is 0 Å². The lowest BCUT2D eigenvalue weighted by Gasteiger charge is -2.21. The quantitative estimate of drug-likeness (QED) is 0.0169. The van der Waals surface area contributed by atoms with Crippen molar-refractivity contribution in [1.29, 1.82) is 0 Å². The second-order valence-corrected chi connectivity index (χ2v) is 31.9. The van der Waals surface area contributed by atoms with E-state index in [0.29, 0.717) is 25.7 Å². The average molecular weight is 1460 g/mol. The molecule has 0 aromatic carbocycles. The monoisotopic (exact) mass is 1460 g/mol. The second kappa shape index (κ2) is 73.4. The maximum atomic E-state index is 13.1. The van der Waals surface area contributed by atoms with Gasteiger partial charge >= 0.3 is 39.5 Å². The highest BCUT2D eigenvalue weighted by molar-refractivity contribution is 7.47. The summed E-state index contributed by atoms with van der Waals surface area (Å²) in [5, 5.41) is 10.6. The number of allylic oxidation sites excluding steroid dienone is 4. The van der Waals surface area contributed by atoms with E-state index in [9.17, 15) is 43.2 Å². The fraction of sp³-hybridized carbons (Fsp3) is 0.901. The predicted molar refractivity (Wildman–Crippen MR) is 409 cm³/mol. The lowest BCUT2D eigenvalue weighted by atomic mass is 10.0. The molecule has 17 nitrogen and oxygen atoms in total. The number of ether oxygens (including phenoxy) is 4. The van der Waals surface area contributed by atoms with E-state index < -0.39 is 97.5 Å². The zero-order valence-electron chi connectivity index (χ0n) is 64.8. The van der Waals surface area contributed by atoms with E-state index in [2.05, 4.69) is 58.9 Å². The van der Waals surface area contributed by atoms with Gasteiger partial charge in [-0.3, -0.25) is 37.3 Å². The Balaban J connectivity index is 5.27. The number of phosphoric ester groups is 2. The Morgan fingerprint density at radius 2 is 0.540 bits per heavy atom. The van der Waals surface area contributed by atoms with Crippen molar-refractivity contribution in [3.8, 4) is 0 Å². The van der Waals surface area contributed by atoms with Crippen LogP contribution in [0.2, 0.25) is 0 Å². The molecule has 2 unspecified atom stereocenters. The molecule has 0 rings (SSSR count). The van der Waals surface area contributed by atoms with Crippen LogP contribution in [-0.4, -0.2) is 96.7 Å². The molecule has 0 aromatic rings. The molecule has 100 heavy (non-hydrogen) atoms. The molecule has 0 aliphatic rings. The van der Waals surface area contributed by atoms with Gasteiger partial charge in [-0.15, -0.1) is 0 Å². The third kappa shape index (κ3) is 73.8. The van der Waals surface area contributed by atoms with E-state index >= 15 is 0 Å². The van der Waals surface area contributed by atoms with Crippen LogP contribution in [0.15, 0.2) is 24.3 Å². The van der Waals surface area contributed by atoms with E-state index in [1.54, 1.807) is 0 Å². The zero-order valence-corrected chi connectivity index (χ0v) is 66.6. The summed E-state index contributed by atoms with van der Waals surface area (Å²) in [6.45, 7) is 7.24. The summed E-state index contributed by atoms with van der Waals surface area (Å²) < 4.78 is 68.7. The molecule has 0 aliphatic carbocycles. The van der Waals surface area contributed by atoms with Gasteiger partial charge in [0.25, 0.3) is 0 Å². The summed E-state index contributed by atoms with van der Waals surface area (Å²) in [6, 6.07) is 0. The number of hydrogen-bond acceptors (Lipinski definition) is 15. The minimum absolute atomic E-state index is 0.102. The van der Waals surface area contributed by atoms with Crippen LogP contribution in [0.25, 0.3) is 0 Å². The standard InChI is InChI=1S/C81H154O17P2/c1-6-9-12-15-18-21-24-27-29-30-31-32-33-35-38-41-46-52-57-62-67-81(86)97-76(70-91-78(83)64-59-54-49-44-39-37-34-28-25-22-19-16-13-10-7-2)72-95-99(87,88)93-68-75(82)69-94-100(89,90)96-73-77(71-92-79(84)65-60-55-50-47-42-43-48-53-58-63-74(4)5)98-80(85)66-61-56-51-45-40-36-26-23-20-17-14-11-8-3/h22,25,28,34,74-77,82H,6-21,23-24,26-27,29-33,35-73H2,1-5H3,(H,87,88)(H,89,90)/b25-22-,34-28-/t75-,76-,77-/m1/s1. The van der Waals surface area contributed by atoms with Crippen LogP contribution >= 0.6 is 15.6 Å². The van der Waals surface area contributed by atoms with Crippen molar-refractivity contribution in [2.24, 2.45) is 5.92 Å². The molecular weight excluding hydrogens is 1310 g/mol. The molecule has 0 radical (unpaired) electrons. The van der Waals surface area contributed by atoms with Crippen LogP contribution in [-0.2, 0) is 65.4 Å². The minimum atomic E-state index is -4.97. The molecule has 0 amide bonds. The summed E-state index contributed by atoms with van der Waals surface area (Å²) in [4.78, 5) is 73.0. The summed E-state index contributed by atoms with van der Waals surface area (Å²) in [5.74, 6) is -1.39. The molecule has 0 heterocycles. The first-order valence-electron chi connectivity index (χ1n) is 41.5. The SMILES string of the molecule is CCCCCC/C=C\C=C/CCCCCCCC(=O)OC[C@H](COP(=O)(O)OC[C@@H](O)COP(=O)(O)OC[C@@H](COC(=O)CCCCCCCCCCCC(C)C)OC(=O)CCCCCCCCCCCCCCC)OC(=O)CCCCCCCCCCCCCCCCCCCCCC. The maximum absolute atomic E-state index is 13.1. The molecule has 19 heteroatoms. The first-order chi connectivity index (χ1) is 48.5. The van der Waals surface area contributed by atoms with Gasteiger partial charge < -0.3 is 33.8 Å². The number of phosphoric acid groups is 2. The maximum Gasteiger partial charge on any atom is 0.472 e. The number of carbonyl (C=O) groups excluding carboxylic acids is 4. The zero-order chi connectivity index (χ0) is 73.4. The molecular formula is C81H154O17P2. The number of carbonyl (C=O) groups is 4. The normalized spacial score (nSPS) is 14.0. The molecule has 590 valence electrons. The van der Waals surface area contributed by atoms with Gasteiger partial charge in [-0.05, 0) is 57.3 Å². The highest BCUT2D eigenvalue weighted by atomic mass is 31.2. The van der Waals surface area contributed by atoms with Crippen LogP contribution in [0.1, 0.15) is 407 Å². The topological polar surface area (TPSA) is 237 Å². The minimum Gasteiger partial charge on any atom is -0.462 e. The number of esters is 4. The number of rotatable bonds is 79. The van der Waals surface area contributed by atoms with Crippen LogP contribution in [0.4, 0.5) is 0 Å². The largest absolute Gasteiger partial charge is 0.472 e. The Labute approximate surface area is 612 Å². The summed E-state index contributed by atoms with van der Waals surface area (Å²) in [7, 11) is -9.93. The average Bonchev–Trinajstić information content (AvgIpc) is 0.932. The van der Waals surface area contributed by atoms with Crippen LogP contribution in [0, 0.1) is 5.92 Å². The van der Waals surface area contributed by atoms with Gasteiger partial charge in [0, 0.05) is 25.7 Å². The molecule has 0 aromatic heterocycles. The van der Waals surface area contributed by atoms with Crippen molar-refractivity contribution in [3.05, 3.63) is 24.3 Å². The smallest absolute Gasteiger partial charge is 0.462 e. The van der Waals surface area contributed by atoms with Crippen LogP contribution in [0.3, 0.4) is 0 Å². The summed E-state index contributed by atoms with van der Waals surface area (Å²) in [6.07, 6.45) is 67.4. The van der Waals surface area contributed by atoms with Gasteiger partial charge in [-0.25, -0.2) is 9.13 Å². The molecule has 0 bridgehead atoms. The van der Waals surface area contributed by atoms with Gasteiger partial charge in [0.2, 0.25) is 0 Å². The molecule has 0 saturated carbocycles. The Morgan fingerprint density at radius 3 is 0.820 bits per heavy atom. The van der Waals surface area contributed by atoms with E-state index in [4.69, 9.17) is 37.0 Å². The molecule has 0 spiro atoms. The first kappa shape index (κ1) is 97.5. The van der Waals surface area contributed by atoms with Gasteiger partial charge in [0.1, 0.15) is 19.3 Å². The van der Waals surface area contributed by atoms with Crippen LogP contribution in [0.5, 0.6) is 0 Å². The number of unbranched alkanes of at least 4 members (excludes halogenated alkanes) is 48. The van der Waals surface area contributed by atoms with E-state index in [-0.39, 0.29) is 25.7 Å². The molecule has 0 aliphatic heterocycles. The number of aliphatic hydroxyl groups is 1. The summed E-state index contributed by atoms with van der Waals surface area (Å²) >= 11 is 0. The lowest BCUT2D eigenvalue weighted by molar-refractivity contribution is -0.161. The van der Waals surface area contributed by atoms with E-state index in [1.165, 1.54) is 212 Å². The third-order valence-electron chi connectivity index (χ3n) is 18.4. The molecule has 5 atom stereocenters. The molecule has 3 N–H and O–H groups in total. The number of aliphatic hydroxyl groups excluding tert-OH is 1. The van der Waals surface area contributed by atoms with Gasteiger partial charge in [0.05, 0.1) is 26.4 Å². The van der Waals surface area contributed by atoms with Crippen molar-refractivity contribution < 1.29 is 80.2 Å². The van der Waals surface area contributed by atoms with Gasteiger partial charge in [-0.1, -0.05) is 354 Å². The van der Waals surface area contributed by atoms with Crippen molar-refractivity contribution in [2.75, 3.05) is 39.6 Å². The van der Waals surface area contributed by atoms with E-state index in [0.717, 1.165) is 115 Å². The Morgan fingerprint density at radius 1 is 0.310 bits per heavy atom. The fourth-order valence-corrected chi connectivity index (χ4v) is 13.6. The Kier molecular flexibility index (Phi) is 71.6. The highest BCUT2D eigenvalue weighted by Crippen LogP contribution is 2.45. The highest BCUT2D eigenvalue weighted by Gasteiger charge is 2.30.